The highest BCUT2D eigenvalue weighted by molar-refractivity contribution is 6.31. The van der Waals surface area contributed by atoms with E-state index < -0.39 is 0 Å². The Balaban J connectivity index is 2.45. The van der Waals surface area contributed by atoms with E-state index in [1.54, 1.807) is 0 Å². The van der Waals surface area contributed by atoms with Crippen LogP contribution in [0.15, 0.2) is 18.2 Å². The van der Waals surface area contributed by atoms with Crippen molar-refractivity contribution in [3.63, 3.8) is 0 Å². The van der Waals surface area contributed by atoms with Crippen molar-refractivity contribution in [2.45, 2.75) is 40.3 Å². The van der Waals surface area contributed by atoms with Crippen LogP contribution in [0.5, 0.6) is 0 Å². The van der Waals surface area contributed by atoms with Crippen molar-refractivity contribution in [3.05, 3.63) is 34.3 Å². The molecule has 2 N–H and O–H groups in total. The van der Waals surface area contributed by atoms with Crippen LogP contribution >= 0.6 is 11.6 Å². The molecule has 0 fully saturated rings. The standard InChI is InChI=1S/C15H23ClN2O/c1-10(2)8-18-15(19)12(4)17-9-13-6-5-11(3)7-14(13)16/h5-7,10,12,17H,8-9H2,1-4H3,(H,18,19). The molecule has 0 aliphatic carbocycles. The van der Waals surface area contributed by atoms with Crippen LogP contribution in [-0.4, -0.2) is 18.5 Å². The summed E-state index contributed by atoms with van der Waals surface area (Å²) in [5, 5.41) is 6.83. The molecule has 0 bridgehead atoms. The van der Waals surface area contributed by atoms with Crippen LogP contribution in [0.2, 0.25) is 5.02 Å². The highest BCUT2D eigenvalue weighted by atomic mass is 35.5. The third-order valence-electron chi connectivity index (χ3n) is 2.89. The van der Waals surface area contributed by atoms with Crippen LogP contribution in [0, 0.1) is 12.8 Å². The van der Waals surface area contributed by atoms with Gasteiger partial charge in [-0.1, -0.05) is 37.6 Å². The van der Waals surface area contributed by atoms with Gasteiger partial charge in [0.25, 0.3) is 0 Å². The van der Waals surface area contributed by atoms with Crippen molar-refractivity contribution >= 4 is 17.5 Å². The Morgan fingerprint density at radius 3 is 2.58 bits per heavy atom. The summed E-state index contributed by atoms with van der Waals surface area (Å²) in [4.78, 5) is 11.8. The maximum Gasteiger partial charge on any atom is 0.236 e. The fourth-order valence-corrected chi connectivity index (χ4v) is 1.91. The van der Waals surface area contributed by atoms with Crippen molar-refractivity contribution in [2.24, 2.45) is 5.92 Å². The lowest BCUT2D eigenvalue weighted by molar-refractivity contribution is -0.122. The monoisotopic (exact) mass is 282 g/mol. The topological polar surface area (TPSA) is 41.1 Å². The number of nitrogens with one attached hydrogen (secondary N) is 2. The van der Waals surface area contributed by atoms with Crippen LogP contribution in [0.3, 0.4) is 0 Å². The Labute approximate surface area is 120 Å². The normalized spacial score (nSPS) is 12.5. The average molecular weight is 283 g/mol. The zero-order valence-corrected chi connectivity index (χ0v) is 12.8. The Bertz CT molecular complexity index is 432. The number of hydrogen-bond donors (Lipinski definition) is 2. The predicted molar refractivity (Wildman–Crippen MR) is 80.3 cm³/mol. The quantitative estimate of drug-likeness (QED) is 0.842. The summed E-state index contributed by atoms with van der Waals surface area (Å²) in [6.07, 6.45) is 0. The molecule has 19 heavy (non-hydrogen) atoms. The van der Waals surface area contributed by atoms with Gasteiger partial charge in [0.15, 0.2) is 0 Å². The highest BCUT2D eigenvalue weighted by Crippen LogP contribution is 2.17. The molecule has 106 valence electrons. The molecule has 0 heterocycles. The van der Waals surface area contributed by atoms with E-state index in [2.05, 4.69) is 24.5 Å². The highest BCUT2D eigenvalue weighted by Gasteiger charge is 2.12. The van der Waals surface area contributed by atoms with E-state index in [1.165, 1.54) is 0 Å². The molecule has 0 saturated carbocycles. The second-order valence-electron chi connectivity index (χ2n) is 5.34. The second-order valence-corrected chi connectivity index (χ2v) is 5.74. The van der Waals surface area contributed by atoms with E-state index in [1.807, 2.05) is 32.0 Å². The smallest absolute Gasteiger partial charge is 0.236 e. The zero-order valence-electron chi connectivity index (χ0n) is 12.1. The van der Waals surface area contributed by atoms with Crippen molar-refractivity contribution in [1.82, 2.24) is 10.6 Å². The molecular weight excluding hydrogens is 260 g/mol. The lowest BCUT2D eigenvalue weighted by Gasteiger charge is -2.15. The largest absolute Gasteiger partial charge is 0.354 e. The van der Waals surface area contributed by atoms with Gasteiger partial charge in [0.1, 0.15) is 0 Å². The average Bonchev–Trinajstić information content (AvgIpc) is 2.34. The van der Waals surface area contributed by atoms with Gasteiger partial charge >= 0.3 is 0 Å². The fraction of sp³-hybridized carbons (Fsp3) is 0.533. The molecule has 1 atom stereocenters. The van der Waals surface area contributed by atoms with Gasteiger partial charge in [0, 0.05) is 18.1 Å². The Kier molecular flexibility index (Phi) is 6.32. The third-order valence-corrected chi connectivity index (χ3v) is 3.24. The molecule has 3 nitrogen and oxygen atoms in total. The SMILES string of the molecule is Cc1ccc(CNC(C)C(=O)NCC(C)C)c(Cl)c1. The summed E-state index contributed by atoms with van der Waals surface area (Å²) in [7, 11) is 0. The first-order valence-electron chi connectivity index (χ1n) is 6.66. The number of carbonyl (C=O) groups is 1. The van der Waals surface area contributed by atoms with Crippen molar-refractivity contribution in [3.8, 4) is 0 Å². The van der Waals surface area contributed by atoms with Crippen LogP contribution in [0.1, 0.15) is 31.9 Å². The maximum absolute atomic E-state index is 11.8. The Hall–Kier alpha value is -1.06. The van der Waals surface area contributed by atoms with Crippen molar-refractivity contribution in [2.75, 3.05) is 6.54 Å². The summed E-state index contributed by atoms with van der Waals surface area (Å²) in [5.74, 6) is 0.486. The van der Waals surface area contributed by atoms with Gasteiger partial charge in [0.05, 0.1) is 6.04 Å². The molecule has 1 aromatic rings. The first-order chi connectivity index (χ1) is 8.90. The van der Waals surface area contributed by atoms with Gasteiger partial charge in [-0.15, -0.1) is 0 Å². The van der Waals surface area contributed by atoms with Gasteiger partial charge in [0.2, 0.25) is 5.91 Å². The molecule has 0 aliphatic heterocycles. The van der Waals surface area contributed by atoms with E-state index in [0.29, 0.717) is 19.0 Å². The summed E-state index contributed by atoms with van der Waals surface area (Å²) < 4.78 is 0. The lowest BCUT2D eigenvalue weighted by Crippen LogP contribution is -2.43. The van der Waals surface area contributed by atoms with Crippen LogP contribution in [0.25, 0.3) is 0 Å². The molecule has 1 aromatic carbocycles. The van der Waals surface area contributed by atoms with Crippen molar-refractivity contribution in [1.29, 1.82) is 0 Å². The lowest BCUT2D eigenvalue weighted by atomic mass is 10.1. The molecule has 0 saturated heterocycles. The minimum Gasteiger partial charge on any atom is -0.354 e. The molecule has 4 heteroatoms. The van der Waals surface area contributed by atoms with Gasteiger partial charge in [-0.2, -0.15) is 0 Å². The second kappa shape index (κ2) is 7.51. The van der Waals surface area contributed by atoms with Crippen LogP contribution in [0.4, 0.5) is 0 Å². The van der Waals surface area contributed by atoms with Crippen LogP contribution < -0.4 is 10.6 Å². The van der Waals surface area contributed by atoms with Gasteiger partial charge in [-0.25, -0.2) is 0 Å². The number of benzene rings is 1. The Morgan fingerprint density at radius 1 is 1.32 bits per heavy atom. The van der Waals surface area contributed by atoms with E-state index in [4.69, 9.17) is 11.6 Å². The zero-order chi connectivity index (χ0) is 14.4. The van der Waals surface area contributed by atoms with E-state index in [-0.39, 0.29) is 11.9 Å². The number of hydrogen-bond acceptors (Lipinski definition) is 2. The molecule has 0 aliphatic rings. The van der Waals surface area contributed by atoms with Crippen molar-refractivity contribution < 1.29 is 4.79 Å². The minimum absolute atomic E-state index is 0.0249. The first-order valence-corrected chi connectivity index (χ1v) is 7.04. The number of amides is 1. The van der Waals surface area contributed by atoms with Gasteiger partial charge < -0.3 is 10.6 Å². The summed E-state index contributed by atoms with van der Waals surface area (Å²) in [5.41, 5.74) is 2.15. The van der Waals surface area contributed by atoms with E-state index in [0.717, 1.165) is 16.1 Å². The summed E-state index contributed by atoms with van der Waals surface area (Å²) in [6.45, 7) is 9.31. The summed E-state index contributed by atoms with van der Waals surface area (Å²) in [6, 6.07) is 5.72. The van der Waals surface area contributed by atoms with E-state index >= 15 is 0 Å². The van der Waals surface area contributed by atoms with E-state index in [9.17, 15) is 4.79 Å². The molecule has 0 aromatic heterocycles. The van der Waals surface area contributed by atoms with Gasteiger partial charge in [-0.3, -0.25) is 4.79 Å². The number of rotatable bonds is 6. The first kappa shape index (κ1) is 16.0. The molecule has 1 amide bonds. The molecule has 0 radical (unpaired) electrons. The molecule has 1 unspecified atom stereocenters. The van der Waals surface area contributed by atoms with Crippen LogP contribution in [-0.2, 0) is 11.3 Å². The Morgan fingerprint density at radius 2 is 2.00 bits per heavy atom. The summed E-state index contributed by atoms with van der Waals surface area (Å²) >= 11 is 6.15. The minimum atomic E-state index is -0.226. The number of aryl methyl sites for hydroxylation is 1. The molecule has 1 rings (SSSR count). The third kappa shape index (κ3) is 5.62. The molecular formula is C15H23ClN2O. The maximum atomic E-state index is 11.8. The molecule has 0 spiro atoms. The fourth-order valence-electron chi connectivity index (χ4n) is 1.61. The predicted octanol–water partition coefficient (Wildman–Crippen LogP) is 2.90. The number of carbonyl (C=O) groups excluding carboxylic acids is 1. The number of halogens is 1. The van der Waals surface area contributed by atoms with Gasteiger partial charge in [-0.05, 0) is 37.0 Å².